The van der Waals surface area contributed by atoms with Crippen molar-refractivity contribution in [2.24, 2.45) is 0 Å². The molecule has 0 aliphatic carbocycles. The molecular formula is C11H9NO2S. The van der Waals surface area contributed by atoms with Crippen LogP contribution in [0.25, 0.3) is 10.4 Å². The van der Waals surface area contributed by atoms with E-state index in [2.05, 4.69) is 4.98 Å². The third-order valence-electron chi connectivity index (χ3n) is 2.00. The minimum absolute atomic E-state index is 0.361. The SMILES string of the molecule is Cc1cc(-c2ccc(C(=O)O)s2)ccn1. The number of aryl methyl sites for hydroxylation is 1. The van der Waals surface area contributed by atoms with E-state index in [0.29, 0.717) is 4.88 Å². The zero-order valence-electron chi connectivity index (χ0n) is 8.10. The number of carboxylic acids is 1. The fraction of sp³-hybridized carbons (Fsp3) is 0.0909. The van der Waals surface area contributed by atoms with Gasteiger partial charge in [0.1, 0.15) is 4.88 Å². The summed E-state index contributed by atoms with van der Waals surface area (Å²) in [5.41, 5.74) is 1.94. The van der Waals surface area contributed by atoms with Crippen molar-refractivity contribution in [3.05, 3.63) is 41.0 Å². The second kappa shape index (κ2) is 3.82. The summed E-state index contributed by atoms with van der Waals surface area (Å²) in [4.78, 5) is 16.1. The first kappa shape index (κ1) is 9.86. The lowest BCUT2D eigenvalue weighted by molar-refractivity contribution is 0.0702. The molecule has 0 aliphatic rings. The minimum Gasteiger partial charge on any atom is -0.477 e. The van der Waals surface area contributed by atoms with Crippen LogP contribution < -0.4 is 0 Å². The highest BCUT2D eigenvalue weighted by molar-refractivity contribution is 7.17. The predicted molar refractivity (Wildman–Crippen MR) is 59.2 cm³/mol. The maximum Gasteiger partial charge on any atom is 0.345 e. The molecule has 0 saturated heterocycles. The van der Waals surface area contributed by atoms with Crippen molar-refractivity contribution in [1.82, 2.24) is 4.98 Å². The van der Waals surface area contributed by atoms with Gasteiger partial charge in [0.2, 0.25) is 0 Å². The fourth-order valence-electron chi connectivity index (χ4n) is 1.31. The van der Waals surface area contributed by atoms with Gasteiger partial charge in [-0.15, -0.1) is 11.3 Å². The molecule has 2 heterocycles. The van der Waals surface area contributed by atoms with E-state index in [-0.39, 0.29) is 0 Å². The van der Waals surface area contributed by atoms with Crippen LogP contribution in [0.4, 0.5) is 0 Å². The van der Waals surface area contributed by atoms with E-state index in [1.54, 1.807) is 12.3 Å². The molecule has 0 aliphatic heterocycles. The first-order valence-corrected chi connectivity index (χ1v) is 5.24. The maximum atomic E-state index is 10.7. The van der Waals surface area contributed by atoms with Crippen LogP contribution in [0.5, 0.6) is 0 Å². The van der Waals surface area contributed by atoms with Gasteiger partial charge in [-0.05, 0) is 36.8 Å². The van der Waals surface area contributed by atoms with Gasteiger partial charge in [0.15, 0.2) is 0 Å². The van der Waals surface area contributed by atoms with Crippen molar-refractivity contribution >= 4 is 17.3 Å². The molecule has 1 N–H and O–H groups in total. The van der Waals surface area contributed by atoms with Gasteiger partial charge < -0.3 is 5.11 Å². The lowest BCUT2D eigenvalue weighted by Crippen LogP contribution is -1.89. The Hall–Kier alpha value is -1.68. The Morgan fingerprint density at radius 2 is 2.20 bits per heavy atom. The average molecular weight is 219 g/mol. The van der Waals surface area contributed by atoms with Gasteiger partial charge in [-0.3, -0.25) is 4.98 Å². The summed E-state index contributed by atoms with van der Waals surface area (Å²) in [6.45, 7) is 1.91. The lowest BCUT2D eigenvalue weighted by Gasteiger charge is -1.97. The molecule has 4 heteroatoms. The maximum absolute atomic E-state index is 10.7. The molecule has 0 unspecified atom stereocenters. The summed E-state index contributed by atoms with van der Waals surface area (Å²) in [6, 6.07) is 7.27. The van der Waals surface area contributed by atoms with Crippen LogP contribution in [0, 0.1) is 6.92 Å². The molecule has 0 aromatic carbocycles. The Kier molecular flexibility index (Phi) is 2.51. The summed E-state index contributed by atoms with van der Waals surface area (Å²) in [6.07, 6.45) is 1.73. The Balaban J connectivity index is 2.41. The molecule has 0 atom stereocenters. The van der Waals surface area contributed by atoms with Crippen LogP contribution in [-0.2, 0) is 0 Å². The largest absolute Gasteiger partial charge is 0.477 e. The Bertz CT molecular complexity index is 505. The van der Waals surface area contributed by atoms with Gasteiger partial charge in [0, 0.05) is 16.8 Å². The summed E-state index contributed by atoms with van der Waals surface area (Å²) < 4.78 is 0. The number of aromatic carboxylic acids is 1. The molecule has 76 valence electrons. The second-order valence-corrected chi connectivity index (χ2v) is 4.24. The second-order valence-electron chi connectivity index (χ2n) is 3.15. The third-order valence-corrected chi connectivity index (χ3v) is 3.12. The minimum atomic E-state index is -0.878. The van der Waals surface area contributed by atoms with E-state index < -0.39 is 5.97 Å². The highest BCUT2D eigenvalue weighted by Gasteiger charge is 2.08. The molecule has 3 nitrogen and oxygen atoms in total. The number of rotatable bonds is 2. The zero-order chi connectivity index (χ0) is 10.8. The van der Waals surface area contributed by atoms with Crippen LogP contribution >= 0.6 is 11.3 Å². The number of thiophene rings is 1. The van der Waals surface area contributed by atoms with Crippen molar-refractivity contribution < 1.29 is 9.90 Å². The number of hydrogen-bond acceptors (Lipinski definition) is 3. The highest BCUT2D eigenvalue weighted by atomic mass is 32.1. The number of pyridine rings is 1. The molecule has 2 aromatic rings. The number of carboxylic acid groups (broad SMARTS) is 1. The molecule has 2 rings (SSSR count). The number of nitrogens with zero attached hydrogens (tertiary/aromatic N) is 1. The van der Waals surface area contributed by atoms with E-state index in [1.165, 1.54) is 11.3 Å². The molecule has 0 amide bonds. The highest BCUT2D eigenvalue weighted by Crippen LogP contribution is 2.27. The molecule has 0 spiro atoms. The van der Waals surface area contributed by atoms with Crippen LogP contribution in [0.3, 0.4) is 0 Å². The predicted octanol–water partition coefficient (Wildman–Crippen LogP) is 2.82. The first-order chi connectivity index (χ1) is 7.16. The van der Waals surface area contributed by atoms with Gasteiger partial charge in [-0.1, -0.05) is 0 Å². The first-order valence-electron chi connectivity index (χ1n) is 4.43. The van der Waals surface area contributed by atoms with Crippen LogP contribution in [0.2, 0.25) is 0 Å². The van der Waals surface area contributed by atoms with E-state index in [9.17, 15) is 4.79 Å². The molecular weight excluding hydrogens is 210 g/mol. The van der Waals surface area contributed by atoms with Crippen molar-refractivity contribution in [3.63, 3.8) is 0 Å². The Labute approximate surface area is 91.0 Å². The summed E-state index contributed by atoms with van der Waals surface area (Å²) >= 11 is 1.28. The van der Waals surface area contributed by atoms with E-state index >= 15 is 0 Å². The van der Waals surface area contributed by atoms with Crippen molar-refractivity contribution in [2.75, 3.05) is 0 Å². The van der Waals surface area contributed by atoms with Crippen molar-refractivity contribution in [2.45, 2.75) is 6.92 Å². The number of hydrogen-bond donors (Lipinski definition) is 1. The summed E-state index contributed by atoms with van der Waals surface area (Å²) in [5, 5.41) is 8.80. The standard InChI is InChI=1S/C11H9NO2S/c1-7-6-8(4-5-12-7)9-2-3-10(15-9)11(13)14/h2-6H,1H3,(H,13,14). The third kappa shape index (κ3) is 2.05. The molecule has 15 heavy (non-hydrogen) atoms. The van der Waals surface area contributed by atoms with E-state index in [1.807, 2.05) is 25.1 Å². The van der Waals surface area contributed by atoms with Gasteiger partial charge in [-0.2, -0.15) is 0 Å². The Morgan fingerprint density at radius 1 is 1.40 bits per heavy atom. The van der Waals surface area contributed by atoms with Gasteiger partial charge in [0.05, 0.1) is 0 Å². The van der Waals surface area contributed by atoms with Crippen LogP contribution in [0.1, 0.15) is 15.4 Å². The fourth-order valence-corrected chi connectivity index (χ4v) is 2.15. The smallest absolute Gasteiger partial charge is 0.345 e. The number of carbonyl (C=O) groups is 1. The molecule has 0 fully saturated rings. The average Bonchev–Trinajstić information content (AvgIpc) is 2.66. The van der Waals surface area contributed by atoms with E-state index in [0.717, 1.165) is 16.1 Å². The quantitative estimate of drug-likeness (QED) is 0.844. The Morgan fingerprint density at radius 3 is 2.80 bits per heavy atom. The van der Waals surface area contributed by atoms with Crippen molar-refractivity contribution in [3.8, 4) is 10.4 Å². The normalized spacial score (nSPS) is 10.2. The topological polar surface area (TPSA) is 50.2 Å². The molecule has 0 saturated carbocycles. The van der Waals surface area contributed by atoms with Crippen LogP contribution in [-0.4, -0.2) is 16.1 Å². The summed E-state index contributed by atoms with van der Waals surface area (Å²) in [7, 11) is 0. The number of aromatic nitrogens is 1. The molecule has 0 radical (unpaired) electrons. The monoisotopic (exact) mass is 219 g/mol. The lowest BCUT2D eigenvalue weighted by atomic mass is 10.2. The molecule has 0 bridgehead atoms. The van der Waals surface area contributed by atoms with Gasteiger partial charge in [0.25, 0.3) is 0 Å². The van der Waals surface area contributed by atoms with Gasteiger partial charge >= 0.3 is 5.97 Å². The van der Waals surface area contributed by atoms with Gasteiger partial charge in [-0.25, -0.2) is 4.79 Å². The van der Waals surface area contributed by atoms with E-state index in [4.69, 9.17) is 5.11 Å². The van der Waals surface area contributed by atoms with Crippen LogP contribution in [0.15, 0.2) is 30.5 Å². The summed E-state index contributed by atoms with van der Waals surface area (Å²) in [5.74, 6) is -0.878. The molecule has 2 aromatic heterocycles. The van der Waals surface area contributed by atoms with Crippen molar-refractivity contribution in [1.29, 1.82) is 0 Å². The zero-order valence-corrected chi connectivity index (χ0v) is 8.91.